The van der Waals surface area contributed by atoms with Gasteiger partial charge in [-0.1, -0.05) is 12.1 Å². The second-order valence-electron chi connectivity index (χ2n) is 4.48. The van der Waals surface area contributed by atoms with E-state index in [-0.39, 0.29) is 15.7 Å². The lowest BCUT2D eigenvalue weighted by atomic mass is 10.1. The lowest BCUT2D eigenvalue weighted by Crippen LogP contribution is -2.40. The fourth-order valence-electron chi connectivity index (χ4n) is 1.86. The number of nitrogens with two attached hydrogens (primary N) is 1. The molecule has 0 radical (unpaired) electrons. The lowest BCUT2D eigenvalue weighted by Gasteiger charge is -2.23. The maximum atomic E-state index is 12.5. The number of hydrogen-bond donors (Lipinski definition) is 2. The Hall–Kier alpha value is -1.16. The lowest BCUT2D eigenvalue weighted by molar-refractivity contribution is -0.136. The molecule has 0 amide bonds. The zero-order chi connectivity index (χ0) is 16.3. The highest BCUT2D eigenvalue weighted by Gasteiger charge is 2.37. The topological polar surface area (TPSA) is 83.6 Å². The van der Waals surface area contributed by atoms with Crippen LogP contribution in [0.4, 0.5) is 13.2 Å². The number of halogens is 3. The Kier molecular flexibility index (Phi) is 5.74. The van der Waals surface area contributed by atoms with Crippen LogP contribution in [0.3, 0.4) is 0 Å². The summed E-state index contributed by atoms with van der Waals surface area (Å²) >= 11 is 0. The summed E-state index contributed by atoms with van der Waals surface area (Å²) in [6.45, 7) is -1.29. The number of aliphatic hydroxyl groups is 1. The molecule has 3 N–H and O–H groups in total. The fraction of sp³-hybridized carbons (Fsp3) is 0.500. The van der Waals surface area contributed by atoms with Gasteiger partial charge >= 0.3 is 6.18 Å². The maximum absolute atomic E-state index is 12.5. The first-order valence-corrected chi connectivity index (χ1v) is 7.53. The molecule has 0 saturated carbocycles. The number of hydrogen-bond acceptors (Lipinski definition) is 4. The Labute approximate surface area is 121 Å². The minimum atomic E-state index is -4.69. The first-order chi connectivity index (χ1) is 9.61. The summed E-state index contributed by atoms with van der Waals surface area (Å²) in [6.07, 6.45) is -4.69. The zero-order valence-electron chi connectivity index (χ0n) is 11.4. The van der Waals surface area contributed by atoms with Gasteiger partial charge in [0, 0.05) is 13.1 Å². The molecule has 0 aliphatic carbocycles. The third-order valence-corrected chi connectivity index (χ3v) is 4.80. The molecule has 0 spiro atoms. The van der Waals surface area contributed by atoms with E-state index in [1.54, 1.807) is 0 Å². The summed E-state index contributed by atoms with van der Waals surface area (Å²) in [7, 11) is -4.34. The van der Waals surface area contributed by atoms with Crippen molar-refractivity contribution in [3.8, 4) is 0 Å². The maximum Gasteiger partial charge on any atom is 0.402 e. The molecule has 0 atom stereocenters. The molecule has 0 fully saturated rings. The van der Waals surface area contributed by atoms with E-state index in [4.69, 9.17) is 10.8 Å². The van der Waals surface area contributed by atoms with Crippen molar-refractivity contribution < 1.29 is 26.7 Å². The smallest absolute Gasteiger partial charge is 0.395 e. The highest BCUT2D eigenvalue weighted by atomic mass is 32.2. The van der Waals surface area contributed by atoms with Gasteiger partial charge in [0.25, 0.3) is 0 Å². The van der Waals surface area contributed by atoms with E-state index in [2.05, 4.69) is 0 Å². The molecule has 21 heavy (non-hydrogen) atoms. The van der Waals surface area contributed by atoms with Crippen molar-refractivity contribution in [3.63, 3.8) is 0 Å². The van der Waals surface area contributed by atoms with Crippen molar-refractivity contribution in [2.45, 2.75) is 24.5 Å². The Morgan fingerprint density at radius 3 is 2.38 bits per heavy atom. The van der Waals surface area contributed by atoms with E-state index in [1.807, 2.05) is 0 Å². The van der Waals surface area contributed by atoms with Gasteiger partial charge < -0.3 is 10.8 Å². The number of alkyl halides is 3. The van der Waals surface area contributed by atoms with Crippen molar-refractivity contribution in [2.24, 2.45) is 5.73 Å². The van der Waals surface area contributed by atoms with Gasteiger partial charge in [-0.15, -0.1) is 0 Å². The summed E-state index contributed by atoms with van der Waals surface area (Å²) in [4.78, 5) is -0.225. The Morgan fingerprint density at radius 2 is 1.95 bits per heavy atom. The van der Waals surface area contributed by atoms with Gasteiger partial charge in [-0.25, -0.2) is 8.42 Å². The van der Waals surface area contributed by atoms with Crippen molar-refractivity contribution >= 4 is 10.0 Å². The van der Waals surface area contributed by atoms with E-state index in [1.165, 1.54) is 25.1 Å². The van der Waals surface area contributed by atoms with Crippen LogP contribution in [0.15, 0.2) is 23.1 Å². The summed E-state index contributed by atoms with van der Waals surface area (Å²) in [5.41, 5.74) is 6.41. The molecule has 1 aromatic carbocycles. The predicted molar refractivity (Wildman–Crippen MR) is 71.0 cm³/mol. The summed E-state index contributed by atoms with van der Waals surface area (Å²) in [5, 5.41) is 8.81. The highest BCUT2D eigenvalue weighted by Crippen LogP contribution is 2.25. The number of sulfonamides is 1. The molecule has 120 valence electrons. The molecule has 5 nitrogen and oxygen atoms in total. The SMILES string of the molecule is Cc1cc(CN)ccc1S(=O)(=O)N(CCO)CC(F)(F)F. The fourth-order valence-corrected chi connectivity index (χ4v) is 3.49. The van der Waals surface area contributed by atoms with Crippen LogP contribution in [0.1, 0.15) is 11.1 Å². The summed E-state index contributed by atoms with van der Waals surface area (Å²) < 4.78 is 62.3. The number of aliphatic hydroxyl groups excluding tert-OH is 1. The molecular formula is C12H17F3N2O3S. The van der Waals surface area contributed by atoms with E-state index in [0.29, 0.717) is 11.1 Å². The quantitative estimate of drug-likeness (QED) is 0.817. The molecule has 1 rings (SSSR count). The molecule has 0 aliphatic rings. The van der Waals surface area contributed by atoms with Gasteiger partial charge in [-0.2, -0.15) is 17.5 Å². The monoisotopic (exact) mass is 326 g/mol. The standard InChI is InChI=1S/C12H17F3N2O3S/c1-9-6-10(7-16)2-3-11(9)21(19,20)17(4-5-18)8-12(13,14)15/h2-3,6,18H,4-5,7-8,16H2,1H3. The Balaban J connectivity index is 3.22. The largest absolute Gasteiger partial charge is 0.402 e. The molecule has 0 saturated heterocycles. The molecular weight excluding hydrogens is 309 g/mol. The van der Waals surface area contributed by atoms with Crippen molar-refractivity contribution in [3.05, 3.63) is 29.3 Å². The van der Waals surface area contributed by atoms with Gasteiger partial charge in [0.2, 0.25) is 10.0 Å². The van der Waals surface area contributed by atoms with Gasteiger partial charge in [-0.3, -0.25) is 0 Å². The average molecular weight is 326 g/mol. The predicted octanol–water partition coefficient (Wildman–Crippen LogP) is 0.999. The molecule has 0 bridgehead atoms. The van der Waals surface area contributed by atoms with E-state index < -0.39 is 35.9 Å². The number of aryl methyl sites for hydroxylation is 1. The zero-order valence-corrected chi connectivity index (χ0v) is 12.2. The van der Waals surface area contributed by atoms with E-state index >= 15 is 0 Å². The Bertz CT molecular complexity index is 588. The molecule has 0 aliphatic heterocycles. The van der Waals surface area contributed by atoms with Crippen LogP contribution in [0.25, 0.3) is 0 Å². The average Bonchev–Trinajstić information content (AvgIpc) is 2.36. The second-order valence-corrected chi connectivity index (χ2v) is 6.39. The third-order valence-electron chi connectivity index (χ3n) is 2.80. The van der Waals surface area contributed by atoms with Crippen LogP contribution in [0.2, 0.25) is 0 Å². The molecule has 0 aromatic heterocycles. The van der Waals surface area contributed by atoms with Crippen LogP contribution in [0, 0.1) is 6.92 Å². The number of rotatable bonds is 6. The van der Waals surface area contributed by atoms with Gasteiger partial charge in [0.1, 0.15) is 6.54 Å². The number of nitrogens with zero attached hydrogens (tertiary/aromatic N) is 1. The molecule has 0 heterocycles. The molecule has 0 unspecified atom stereocenters. The van der Waals surface area contributed by atoms with Crippen LogP contribution < -0.4 is 5.73 Å². The first kappa shape index (κ1) is 17.9. The van der Waals surface area contributed by atoms with Crippen molar-refractivity contribution in [1.29, 1.82) is 0 Å². The first-order valence-electron chi connectivity index (χ1n) is 6.09. The number of benzene rings is 1. The highest BCUT2D eigenvalue weighted by molar-refractivity contribution is 7.89. The van der Waals surface area contributed by atoms with E-state index in [9.17, 15) is 21.6 Å². The minimum Gasteiger partial charge on any atom is -0.395 e. The minimum absolute atomic E-state index is 0.198. The normalized spacial score (nSPS) is 12.9. The van der Waals surface area contributed by atoms with Crippen molar-refractivity contribution in [1.82, 2.24) is 4.31 Å². The molecule has 1 aromatic rings. The van der Waals surface area contributed by atoms with E-state index in [0.717, 1.165) is 0 Å². The molecule has 9 heteroatoms. The van der Waals surface area contributed by atoms with Crippen LogP contribution in [0.5, 0.6) is 0 Å². The van der Waals surface area contributed by atoms with Gasteiger partial charge in [0.05, 0.1) is 11.5 Å². The second kappa shape index (κ2) is 6.73. The van der Waals surface area contributed by atoms with Gasteiger partial charge in [0.15, 0.2) is 0 Å². The van der Waals surface area contributed by atoms with Crippen LogP contribution >= 0.6 is 0 Å². The van der Waals surface area contributed by atoms with Crippen molar-refractivity contribution in [2.75, 3.05) is 19.7 Å². The Morgan fingerprint density at radius 1 is 1.33 bits per heavy atom. The summed E-state index contributed by atoms with van der Waals surface area (Å²) in [6, 6.07) is 4.19. The van der Waals surface area contributed by atoms with Crippen LogP contribution in [-0.2, 0) is 16.6 Å². The van der Waals surface area contributed by atoms with Gasteiger partial charge in [-0.05, 0) is 24.1 Å². The summed E-state index contributed by atoms with van der Waals surface area (Å²) in [5.74, 6) is 0. The third kappa shape index (κ3) is 4.67. The van der Waals surface area contributed by atoms with Crippen LogP contribution in [-0.4, -0.2) is 43.7 Å².